The van der Waals surface area contributed by atoms with Gasteiger partial charge in [-0.2, -0.15) is 0 Å². The Kier molecular flexibility index (Phi) is 4.75. The molecule has 5 heterocycles. The van der Waals surface area contributed by atoms with Crippen molar-refractivity contribution in [3.63, 3.8) is 0 Å². The predicted octanol–water partition coefficient (Wildman–Crippen LogP) is 6.09. The van der Waals surface area contributed by atoms with E-state index in [0.717, 1.165) is 29.4 Å². The van der Waals surface area contributed by atoms with Gasteiger partial charge in [-0.3, -0.25) is 0 Å². The van der Waals surface area contributed by atoms with Crippen LogP contribution in [-0.4, -0.2) is 26.4 Å². The number of hydrogen-bond acceptors (Lipinski definition) is 7. The van der Waals surface area contributed by atoms with E-state index in [-0.39, 0.29) is 0 Å². The average Bonchev–Trinajstić information content (AvgIpc) is 3.42. The van der Waals surface area contributed by atoms with Gasteiger partial charge in [-0.15, -0.1) is 34.0 Å². The van der Waals surface area contributed by atoms with Crippen molar-refractivity contribution in [1.82, 2.24) is 0 Å². The standard InChI is InChI=1S/C20H20O4S3/c1-2-3-4-12-9-15(19-16-13(10-25-19)21-5-7-23-16)27-18(12)20-17-14(11-26-20)22-6-8-24-17/h9-11H,2-8H2,1H3. The molecule has 0 atom stereocenters. The first-order chi connectivity index (χ1) is 13.3. The summed E-state index contributed by atoms with van der Waals surface area (Å²) in [6.07, 6.45) is 3.43. The molecule has 0 fully saturated rings. The number of unbranched alkanes of at least 4 members (excludes halogenated alkanes) is 1. The SMILES string of the molecule is CCCCc1cc(-c2scc3c2OCCO3)sc1-c1scc2c1OCCO2. The second-order valence-electron chi connectivity index (χ2n) is 6.48. The zero-order valence-corrected chi connectivity index (χ0v) is 17.5. The van der Waals surface area contributed by atoms with Gasteiger partial charge in [-0.25, -0.2) is 0 Å². The highest BCUT2D eigenvalue weighted by atomic mass is 32.1. The van der Waals surface area contributed by atoms with E-state index in [1.165, 1.54) is 37.9 Å². The highest BCUT2D eigenvalue weighted by molar-refractivity contribution is 7.26. The van der Waals surface area contributed by atoms with E-state index < -0.39 is 0 Å². The van der Waals surface area contributed by atoms with Gasteiger partial charge in [0.1, 0.15) is 26.4 Å². The minimum absolute atomic E-state index is 0.612. The van der Waals surface area contributed by atoms with Gasteiger partial charge in [0.2, 0.25) is 0 Å². The Bertz CT molecular complexity index is 953. The van der Waals surface area contributed by atoms with E-state index in [1.807, 2.05) is 11.3 Å². The third kappa shape index (κ3) is 3.11. The average molecular weight is 421 g/mol. The van der Waals surface area contributed by atoms with Crippen LogP contribution < -0.4 is 18.9 Å². The van der Waals surface area contributed by atoms with Gasteiger partial charge in [0.05, 0.1) is 14.6 Å². The number of aryl methyl sites for hydroxylation is 1. The number of hydrogen-bond donors (Lipinski definition) is 0. The second kappa shape index (κ2) is 7.37. The normalized spacial score (nSPS) is 15.1. The molecule has 0 N–H and O–H groups in total. The van der Waals surface area contributed by atoms with Crippen LogP contribution in [0.5, 0.6) is 23.0 Å². The van der Waals surface area contributed by atoms with E-state index >= 15 is 0 Å². The molecule has 2 aliphatic rings. The molecule has 0 amide bonds. The van der Waals surface area contributed by atoms with E-state index in [1.54, 1.807) is 22.7 Å². The van der Waals surface area contributed by atoms with Crippen molar-refractivity contribution in [2.75, 3.05) is 26.4 Å². The van der Waals surface area contributed by atoms with E-state index in [0.29, 0.717) is 26.4 Å². The molecule has 5 rings (SSSR count). The van der Waals surface area contributed by atoms with Crippen molar-refractivity contribution in [3.05, 3.63) is 22.4 Å². The second-order valence-corrected chi connectivity index (χ2v) is 9.29. The van der Waals surface area contributed by atoms with Gasteiger partial charge < -0.3 is 18.9 Å². The smallest absolute Gasteiger partial charge is 0.180 e. The summed E-state index contributed by atoms with van der Waals surface area (Å²) in [5.74, 6) is 3.55. The van der Waals surface area contributed by atoms with Gasteiger partial charge in [0.25, 0.3) is 0 Å². The molecule has 0 spiro atoms. The van der Waals surface area contributed by atoms with Crippen LogP contribution in [0.4, 0.5) is 0 Å². The van der Waals surface area contributed by atoms with E-state index in [2.05, 4.69) is 23.8 Å². The number of fused-ring (bicyclic) bond motifs is 2. The molecule has 3 aromatic heterocycles. The maximum Gasteiger partial charge on any atom is 0.180 e. The maximum atomic E-state index is 5.95. The highest BCUT2D eigenvalue weighted by Crippen LogP contribution is 2.53. The molecule has 142 valence electrons. The van der Waals surface area contributed by atoms with Gasteiger partial charge in [0, 0.05) is 15.6 Å². The zero-order valence-electron chi connectivity index (χ0n) is 15.0. The Morgan fingerprint density at radius 2 is 1.44 bits per heavy atom. The lowest BCUT2D eigenvalue weighted by Gasteiger charge is -2.16. The Hall–Kier alpha value is -1.70. The van der Waals surface area contributed by atoms with Crippen LogP contribution in [0, 0.1) is 0 Å². The molecule has 4 nitrogen and oxygen atoms in total. The number of ether oxygens (including phenoxy) is 4. The lowest BCUT2D eigenvalue weighted by Crippen LogP contribution is -2.14. The predicted molar refractivity (Wildman–Crippen MR) is 112 cm³/mol. The summed E-state index contributed by atoms with van der Waals surface area (Å²) in [5, 5.41) is 4.12. The third-order valence-corrected chi connectivity index (χ3v) is 8.04. The Labute approximate surface area is 170 Å². The molecule has 27 heavy (non-hydrogen) atoms. The minimum Gasteiger partial charge on any atom is -0.485 e. The molecule has 0 aromatic carbocycles. The molecular weight excluding hydrogens is 400 g/mol. The minimum atomic E-state index is 0.612. The molecule has 0 saturated carbocycles. The quantitative estimate of drug-likeness (QED) is 0.500. The molecule has 0 radical (unpaired) electrons. The van der Waals surface area contributed by atoms with Gasteiger partial charge in [-0.1, -0.05) is 13.3 Å². The molecule has 2 aliphatic heterocycles. The van der Waals surface area contributed by atoms with Crippen LogP contribution >= 0.6 is 34.0 Å². The third-order valence-electron chi connectivity index (χ3n) is 4.64. The molecular formula is C20H20O4S3. The van der Waals surface area contributed by atoms with Crippen LogP contribution in [0.2, 0.25) is 0 Å². The fourth-order valence-electron chi connectivity index (χ4n) is 3.34. The first kappa shape index (κ1) is 17.4. The Balaban J connectivity index is 1.59. The molecule has 3 aromatic rings. The van der Waals surface area contributed by atoms with Gasteiger partial charge in [0.15, 0.2) is 23.0 Å². The van der Waals surface area contributed by atoms with Crippen molar-refractivity contribution < 1.29 is 18.9 Å². The van der Waals surface area contributed by atoms with Gasteiger partial charge >= 0.3 is 0 Å². The van der Waals surface area contributed by atoms with Crippen molar-refractivity contribution in [1.29, 1.82) is 0 Å². The summed E-state index contributed by atoms with van der Waals surface area (Å²) >= 11 is 5.23. The summed E-state index contributed by atoms with van der Waals surface area (Å²) < 4.78 is 23.3. The molecule has 7 heteroatoms. The molecule has 0 bridgehead atoms. The first-order valence-electron chi connectivity index (χ1n) is 9.22. The number of thiophene rings is 3. The highest BCUT2D eigenvalue weighted by Gasteiger charge is 2.26. The maximum absolute atomic E-state index is 5.95. The van der Waals surface area contributed by atoms with E-state index in [9.17, 15) is 0 Å². The van der Waals surface area contributed by atoms with Crippen LogP contribution in [0.25, 0.3) is 19.5 Å². The molecule has 0 unspecified atom stereocenters. The van der Waals surface area contributed by atoms with Crippen LogP contribution in [0.1, 0.15) is 25.3 Å². The van der Waals surface area contributed by atoms with Crippen LogP contribution in [0.3, 0.4) is 0 Å². The summed E-state index contributed by atoms with van der Waals surface area (Å²) in [7, 11) is 0. The van der Waals surface area contributed by atoms with Crippen molar-refractivity contribution >= 4 is 34.0 Å². The molecule has 0 aliphatic carbocycles. The summed E-state index contributed by atoms with van der Waals surface area (Å²) in [6, 6.07) is 2.33. The Morgan fingerprint density at radius 3 is 2.15 bits per heavy atom. The van der Waals surface area contributed by atoms with Crippen molar-refractivity contribution in [2.24, 2.45) is 0 Å². The van der Waals surface area contributed by atoms with Crippen molar-refractivity contribution in [3.8, 4) is 42.5 Å². The lowest BCUT2D eigenvalue weighted by atomic mass is 10.1. The monoisotopic (exact) mass is 420 g/mol. The Morgan fingerprint density at radius 1 is 0.815 bits per heavy atom. The fraction of sp³-hybridized carbons (Fsp3) is 0.400. The lowest BCUT2D eigenvalue weighted by molar-refractivity contribution is 0.174. The molecule has 0 saturated heterocycles. The topological polar surface area (TPSA) is 36.9 Å². The van der Waals surface area contributed by atoms with Crippen molar-refractivity contribution in [2.45, 2.75) is 26.2 Å². The number of rotatable bonds is 5. The fourth-order valence-corrected chi connectivity index (χ4v) is 6.71. The van der Waals surface area contributed by atoms with Crippen LogP contribution in [-0.2, 0) is 6.42 Å². The summed E-state index contributed by atoms with van der Waals surface area (Å²) in [4.78, 5) is 4.90. The first-order valence-corrected chi connectivity index (χ1v) is 11.8. The largest absolute Gasteiger partial charge is 0.485 e. The summed E-state index contributed by atoms with van der Waals surface area (Å²) in [6.45, 7) is 4.71. The van der Waals surface area contributed by atoms with Gasteiger partial charge in [-0.05, 0) is 24.5 Å². The van der Waals surface area contributed by atoms with Crippen LogP contribution in [0.15, 0.2) is 16.8 Å². The van der Waals surface area contributed by atoms with E-state index in [4.69, 9.17) is 18.9 Å². The zero-order chi connectivity index (χ0) is 18.2. The summed E-state index contributed by atoms with van der Waals surface area (Å²) in [5.41, 5.74) is 1.38.